The highest BCUT2D eigenvalue weighted by molar-refractivity contribution is 7.99. The van der Waals surface area contributed by atoms with Crippen molar-refractivity contribution < 1.29 is 4.74 Å². The molecule has 0 atom stereocenters. The zero-order chi connectivity index (χ0) is 11.3. The SMILES string of the molecule is CCCOc1nc(N)nc(SC(C)C)n1. The Balaban J connectivity index is 2.75. The van der Waals surface area contributed by atoms with Crippen LogP contribution in [0.5, 0.6) is 6.01 Å². The molecule has 1 aromatic heterocycles. The van der Waals surface area contributed by atoms with Gasteiger partial charge in [-0.2, -0.15) is 15.0 Å². The van der Waals surface area contributed by atoms with E-state index in [0.717, 1.165) is 6.42 Å². The molecule has 0 saturated heterocycles. The number of thioether (sulfide) groups is 1. The lowest BCUT2D eigenvalue weighted by atomic mass is 10.5. The van der Waals surface area contributed by atoms with Crippen molar-refractivity contribution in [2.75, 3.05) is 12.3 Å². The summed E-state index contributed by atoms with van der Waals surface area (Å²) in [5.41, 5.74) is 5.55. The van der Waals surface area contributed by atoms with Crippen molar-refractivity contribution >= 4 is 17.7 Å². The number of nitrogen functional groups attached to an aromatic ring is 1. The molecular formula is C9H16N4OS. The van der Waals surface area contributed by atoms with Gasteiger partial charge >= 0.3 is 6.01 Å². The standard InChI is InChI=1S/C9H16N4OS/c1-4-5-14-8-11-7(10)12-9(13-8)15-6(2)3/h6H,4-5H2,1-3H3,(H2,10,11,12,13). The van der Waals surface area contributed by atoms with Crippen molar-refractivity contribution in [3.8, 4) is 6.01 Å². The second-order valence-electron chi connectivity index (χ2n) is 3.27. The fourth-order valence-electron chi connectivity index (χ4n) is 0.874. The van der Waals surface area contributed by atoms with E-state index < -0.39 is 0 Å². The molecule has 84 valence electrons. The summed E-state index contributed by atoms with van der Waals surface area (Å²) in [6.45, 7) is 6.75. The van der Waals surface area contributed by atoms with E-state index in [1.807, 2.05) is 6.92 Å². The summed E-state index contributed by atoms with van der Waals surface area (Å²) in [7, 11) is 0. The molecule has 0 fully saturated rings. The van der Waals surface area contributed by atoms with E-state index in [1.165, 1.54) is 11.8 Å². The van der Waals surface area contributed by atoms with Gasteiger partial charge in [-0.15, -0.1) is 0 Å². The maximum absolute atomic E-state index is 5.55. The normalized spacial score (nSPS) is 10.7. The van der Waals surface area contributed by atoms with E-state index in [9.17, 15) is 0 Å². The number of aromatic nitrogens is 3. The first-order valence-corrected chi connectivity index (χ1v) is 5.80. The number of rotatable bonds is 5. The van der Waals surface area contributed by atoms with Crippen molar-refractivity contribution in [2.24, 2.45) is 0 Å². The van der Waals surface area contributed by atoms with Crippen LogP contribution >= 0.6 is 11.8 Å². The Bertz CT molecular complexity index is 319. The zero-order valence-corrected chi connectivity index (χ0v) is 10.0. The number of anilines is 1. The molecule has 2 N–H and O–H groups in total. The number of nitrogens with zero attached hydrogens (tertiary/aromatic N) is 3. The van der Waals surface area contributed by atoms with Gasteiger partial charge < -0.3 is 10.5 Å². The minimum absolute atomic E-state index is 0.208. The van der Waals surface area contributed by atoms with Crippen LogP contribution in [0.2, 0.25) is 0 Å². The van der Waals surface area contributed by atoms with Gasteiger partial charge in [0.25, 0.3) is 0 Å². The third-order valence-corrected chi connectivity index (χ3v) is 2.25. The molecule has 0 unspecified atom stereocenters. The molecule has 0 radical (unpaired) electrons. The van der Waals surface area contributed by atoms with Gasteiger partial charge in [-0.05, 0) is 6.42 Å². The highest BCUT2D eigenvalue weighted by Crippen LogP contribution is 2.20. The molecule has 0 aliphatic carbocycles. The average Bonchev–Trinajstić information content (AvgIpc) is 2.12. The monoisotopic (exact) mass is 228 g/mol. The van der Waals surface area contributed by atoms with E-state index in [2.05, 4.69) is 28.8 Å². The third kappa shape index (κ3) is 4.33. The van der Waals surface area contributed by atoms with Crippen molar-refractivity contribution in [3.63, 3.8) is 0 Å². The molecule has 0 aliphatic rings. The van der Waals surface area contributed by atoms with Crippen molar-refractivity contribution in [3.05, 3.63) is 0 Å². The average molecular weight is 228 g/mol. The molecule has 1 heterocycles. The number of hydrogen-bond acceptors (Lipinski definition) is 6. The van der Waals surface area contributed by atoms with E-state index in [-0.39, 0.29) is 5.95 Å². The first kappa shape index (κ1) is 12.0. The van der Waals surface area contributed by atoms with Gasteiger partial charge in [0.2, 0.25) is 5.95 Å². The highest BCUT2D eigenvalue weighted by atomic mass is 32.2. The third-order valence-electron chi connectivity index (χ3n) is 1.39. The van der Waals surface area contributed by atoms with E-state index in [0.29, 0.717) is 23.0 Å². The molecule has 0 aromatic carbocycles. The lowest BCUT2D eigenvalue weighted by Gasteiger charge is -2.06. The predicted octanol–water partition coefficient (Wildman–Crippen LogP) is 1.74. The van der Waals surface area contributed by atoms with Crippen molar-refractivity contribution in [2.45, 2.75) is 37.6 Å². The van der Waals surface area contributed by atoms with Crippen molar-refractivity contribution in [1.29, 1.82) is 0 Å². The second kappa shape index (κ2) is 5.75. The first-order chi connectivity index (χ1) is 7.11. The Labute approximate surface area is 93.9 Å². The summed E-state index contributed by atoms with van der Waals surface area (Å²) in [5.74, 6) is 0.208. The number of nitrogens with two attached hydrogens (primary N) is 1. The molecule has 0 bridgehead atoms. The molecular weight excluding hydrogens is 212 g/mol. The molecule has 15 heavy (non-hydrogen) atoms. The Morgan fingerprint density at radius 2 is 2.07 bits per heavy atom. The lowest BCUT2D eigenvalue weighted by molar-refractivity contribution is 0.288. The Hall–Kier alpha value is -1.04. The van der Waals surface area contributed by atoms with Crippen molar-refractivity contribution in [1.82, 2.24) is 15.0 Å². The van der Waals surface area contributed by atoms with Gasteiger partial charge in [-0.3, -0.25) is 0 Å². The Morgan fingerprint density at radius 1 is 1.33 bits per heavy atom. The van der Waals surface area contributed by atoms with Crippen LogP contribution < -0.4 is 10.5 Å². The van der Waals surface area contributed by atoms with Crippen LogP contribution in [-0.2, 0) is 0 Å². The Morgan fingerprint density at radius 3 is 2.67 bits per heavy atom. The summed E-state index contributed by atoms with van der Waals surface area (Å²) in [6.07, 6.45) is 0.915. The van der Waals surface area contributed by atoms with Gasteiger partial charge in [-0.25, -0.2) is 0 Å². The van der Waals surface area contributed by atoms with Crippen LogP contribution in [0.15, 0.2) is 5.16 Å². The predicted molar refractivity (Wildman–Crippen MR) is 61.0 cm³/mol. The first-order valence-electron chi connectivity index (χ1n) is 4.92. The molecule has 1 aromatic rings. The minimum atomic E-state index is 0.208. The summed E-state index contributed by atoms with van der Waals surface area (Å²) < 4.78 is 5.30. The summed E-state index contributed by atoms with van der Waals surface area (Å²) in [5, 5.41) is 1.02. The molecule has 6 heteroatoms. The van der Waals surface area contributed by atoms with Gasteiger partial charge in [-0.1, -0.05) is 32.5 Å². The molecule has 1 rings (SSSR count). The van der Waals surface area contributed by atoms with Crippen LogP contribution in [0.25, 0.3) is 0 Å². The van der Waals surface area contributed by atoms with Crippen LogP contribution in [0.3, 0.4) is 0 Å². The zero-order valence-electron chi connectivity index (χ0n) is 9.23. The molecule has 0 spiro atoms. The van der Waals surface area contributed by atoms with Crippen LogP contribution in [-0.4, -0.2) is 26.8 Å². The van der Waals surface area contributed by atoms with Gasteiger partial charge in [0, 0.05) is 5.25 Å². The van der Waals surface area contributed by atoms with Gasteiger partial charge in [0.1, 0.15) is 0 Å². The van der Waals surface area contributed by atoms with Gasteiger partial charge in [0.05, 0.1) is 6.61 Å². The topological polar surface area (TPSA) is 73.9 Å². The number of hydrogen-bond donors (Lipinski definition) is 1. The van der Waals surface area contributed by atoms with Crippen LogP contribution in [0.1, 0.15) is 27.2 Å². The summed E-state index contributed by atoms with van der Waals surface area (Å²) in [6, 6.07) is 0.313. The maximum atomic E-state index is 5.55. The number of ether oxygens (including phenoxy) is 1. The largest absolute Gasteiger partial charge is 0.463 e. The summed E-state index contributed by atoms with van der Waals surface area (Å²) >= 11 is 1.54. The van der Waals surface area contributed by atoms with E-state index in [1.54, 1.807) is 0 Å². The minimum Gasteiger partial charge on any atom is -0.463 e. The molecule has 5 nitrogen and oxygen atoms in total. The van der Waals surface area contributed by atoms with Gasteiger partial charge in [0.15, 0.2) is 5.16 Å². The molecule has 0 saturated carbocycles. The fourth-order valence-corrected chi connectivity index (χ4v) is 1.57. The summed E-state index contributed by atoms with van der Waals surface area (Å²) in [4.78, 5) is 12.1. The van der Waals surface area contributed by atoms with E-state index in [4.69, 9.17) is 10.5 Å². The fraction of sp³-hybridized carbons (Fsp3) is 0.667. The smallest absolute Gasteiger partial charge is 0.322 e. The molecule has 0 amide bonds. The quantitative estimate of drug-likeness (QED) is 0.774. The Kier molecular flexibility index (Phi) is 4.61. The second-order valence-corrected chi connectivity index (χ2v) is 4.82. The van der Waals surface area contributed by atoms with Crippen LogP contribution in [0, 0.1) is 0 Å². The lowest BCUT2D eigenvalue weighted by Crippen LogP contribution is -2.06. The van der Waals surface area contributed by atoms with E-state index >= 15 is 0 Å². The molecule has 0 aliphatic heterocycles. The highest BCUT2D eigenvalue weighted by Gasteiger charge is 2.07. The maximum Gasteiger partial charge on any atom is 0.322 e. The van der Waals surface area contributed by atoms with Crippen LogP contribution in [0.4, 0.5) is 5.95 Å².